The quantitative estimate of drug-likeness (QED) is 0.651. The second kappa shape index (κ2) is 7.69. The van der Waals surface area contributed by atoms with Gasteiger partial charge in [0, 0.05) is 17.0 Å². The molecule has 0 unspecified atom stereocenters. The van der Waals surface area contributed by atoms with Gasteiger partial charge in [0.05, 0.1) is 0 Å². The fourth-order valence-corrected chi connectivity index (χ4v) is 3.20. The standard InChI is InChI=1S/C22H22O2/c23-21-15-6-4-12-19(21)18(20-13-5-7-16-22(20)24)14-8-11-17-9-2-1-3-10-17/h1-7,9-10,12-13,15-16,18,23-24H,8,11,14H2. The Labute approximate surface area is 143 Å². The molecule has 24 heavy (non-hydrogen) atoms. The van der Waals surface area contributed by atoms with E-state index >= 15 is 0 Å². The molecule has 0 spiro atoms. The highest BCUT2D eigenvalue weighted by molar-refractivity contribution is 5.45. The van der Waals surface area contributed by atoms with E-state index in [1.165, 1.54) is 5.56 Å². The van der Waals surface area contributed by atoms with Gasteiger partial charge in [-0.15, -0.1) is 0 Å². The first-order valence-electron chi connectivity index (χ1n) is 8.35. The molecule has 0 aliphatic carbocycles. The summed E-state index contributed by atoms with van der Waals surface area (Å²) in [4.78, 5) is 0. The molecule has 0 aliphatic heterocycles. The van der Waals surface area contributed by atoms with E-state index in [1.54, 1.807) is 12.1 Å². The maximum atomic E-state index is 10.3. The van der Waals surface area contributed by atoms with E-state index in [-0.39, 0.29) is 17.4 Å². The number of rotatable bonds is 6. The number of para-hydroxylation sites is 2. The first kappa shape index (κ1) is 16.1. The highest BCUT2D eigenvalue weighted by atomic mass is 16.3. The summed E-state index contributed by atoms with van der Waals surface area (Å²) in [6.45, 7) is 0. The van der Waals surface area contributed by atoms with Crippen LogP contribution in [0.3, 0.4) is 0 Å². The number of phenols is 2. The first-order chi connectivity index (χ1) is 11.8. The van der Waals surface area contributed by atoms with Gasteiger partial charge in [-0.05, 0) is 37.0 Å². The zero-order chi connectivity index (χ0) is 16.8. The summed E-state index contributed by atoms with van der Waals surface area (Å²) in [5.74, 6) is 0.548. The number of hydrogen-bond donors (Lipinski definition) is 2. The Hall–Kier alpha value is -2.74. The van der Waals surface area contributed by atoms with Crippen LogP contribution in [0.5, 0.6) is 11.5 Å². The van der Waals surface area contributed by atoms with Gasteiger partial charge in [0.25, 0.3) is 0 Å². The second-order valence-corrected chi connectivity index (χ2v) is 6.05. The van der Waals surface area contributed by atoms with Gasteiger partial charge in [-0.25, -0.2) is 0 Å². The van der Waals surface area contributed by atoms with E-state index < -0.39 is 0 Å². The summed E-state index contributed by atoms with van der Waals surface area (Å²) in [6, 6.07) is 25.2. The summed E-state index contributed by atoms with van der Waals surface area (Å²) < 4.78 is 0. The fraction of sp³-hybridized carbons (Fsp3) is 0.182. The van der Waals surface area contributed by atoms with E-state index in [2.05, 4.69) is 24.3 Å². The largest absolute Gasteiger partial charge is 0.508 e. The van der Waals surface area contributed by atoms with Crippen molar-refractivity contribution >= 4 is 0 Å². The van der Waals surface area contributed by atoms with Crippen molar-refractivity contribution in [2.45, 2.75) is 25.2 Å². The van der Waals surface area contributed by atoms with Crippen molar-refractivity contribution in [2.24, 2.45) is 0 Å². The van der Waals surface area contributed by atoms with Crippen LogP contribution in [0.4, 0.5) is 0 Å². The Bertz CT molecular complexity index is 735. The molecule has 0 aromatic heterocycles. The van der Waals surface area contributed by atoms with Crippen molar-refractivity contribution in [2.75, 3.05) is 0 Å². The summed E-state index contributed by atoms with van der Waals surface area (Å²) >= 11 is 0. The van der Waals surface area contributed by atoms with Crippen molar-refractivity contribution in [3.63, 3.8) is 0 Å². The lowest BCUT2D eigenvalue weighted by molar-refractivity contribution is 0.449. The van der Waals surface area contributed by atoms with Gasteiger partial charge in [0.1, 0.15) is 11.5 Å². The monoisotopic (exact) mass is 318 g/mol. The van der Waals surface area contributed by atoms with Crippen molar-refractivity contribution in [1.82, 2.24) is 0 Å². The average molecular weight is 318 g/mol. The zero-order valence-corrected chi connectivity index (χ0v) is 13.6. The molecule has 0 amide bonds. The summed E-state index contributed by atoms with van der Waals surface area (Å²) in [6.07, 6.45) is 2.83. The minimum Gasteiger partial charge on any atom is -0.508 e. The Morgan fingerprint density at radius 1 is 0.625 bits per heavy atom. The smallest absolute Gasteiger partial charge is 0.119 e. The van der Waals surface area contributed by atoms with Gasteiger partial charge in [0.2, 0.25) is 0 Å². The fourth-order valence-electron chi connectivity index (χ4n) is 3.20. The van der Waals surface area contributed by atoms with E-state index in [4.69, 9.17) is 0 Å². The normalized spacial score (nSPS) is 10.9. The molecule has 0 saturated heterocycles. The van der Waals surface area contributed by atoms with Crippen LogP contribution in [0.25, 0.3) is 0 Å². The first-order valence-corrected chi connectivity index (χ1v) is 8.35. The van der Waals surface area contributed by atoms with E-state index in [0.717, 1.165) is 30.4 Å². The predicted octanol–water partition coefficient (Wildman–Crippen LogP) is 5.25. The Balaban J connectivity index is 1.83. The van der Waals surface area contributed by atoms with Gasteiger partial charge >= 0.3 is 0 Å². The van der Waals surface area contributed by atoms with E-state index in [9.17, 15) is 10.2 Å². The van der Waals surface area contributed by atoms with Crippen LogP contribution in [0.1, 0.15) is 35.4 Å². The van der Waals surface area contributed by atoms with E-state index in [1.807, 2.05) is 42.5 Å². The molecule has 0 bridgehead atoms. The zero-order valence-electron chi connectivity index (χ0n) is 13.6. The van der Waals surface area contributed by atoms with Crippen LogP contribution in [0.15, 0.2) is 78.9 Å². The number of hydrogen-bond acceptors (Lipinski definition) is 2. The summed E-state index contributed by atoms with van der Waals surface area (Å²) in [7, 11) is 0. The molecule has 2 N–H and O–H groups in total. The molecule has 2 heteroatoms. The van der Waals surface area contributed by atoms with Gasteiger partial charge in [-0.3, -0.25) is 0 Å². The third-order valence-electron chi connectivity index (χ3n) is 4.43. The van der Waals surface area contributed by atoms with Crippen LogP contribution in [-0.4, -0.2) is 10.2 Å². The maximum Gasteiger partial charge on any atom is 0.119 e. The average Bonchev–Trinajstić information content (AvgIpc) is 2.61. The number of benzene rings is 3. The highest BCUT2D eigenvalue weighted by Gasteiger charge is 2.19. The topological polar surface area (TPSA) is 40.5 Å². The van der Waals surface area contributed by atoms with E-state index in [0.29, 0.717) is 0 Å². The molecule has 122 valence electrons. The predicted molar refractivity (Wildman–Crippen MR) is 97.4 cm³/mol. The molecule has 0 heterocycles. The van der Waals surface area contributed by atoms with Crippen LogP contribution in [0.2, 0.25) is 0 Å². The van der Waals surface area contributed by atoms with Crippen molar-refractivity contribution in [1.29, 1.82) is 0 Å². The Morgan fingerprint density at radius 2 is 1.12 bits per heavy atom. The second-order valence-electron chi connectivity index (χ2n) is 6.05. The van der Waals surface area contributed by atoms with Crippen LogP contribution in [-0.2, 0) is 6.42 Å². The molecule has 0 radical (unpaired) electrons. The summed E-state index contributed by atoms with van der Waals surface area (Å²) in [5.41, 5.74) is 3.05. The lowest BCUT2D eigenvalue weighted by Gasteiger charge is -2.20. The van der Waals surface area contributed by atoms with Gasteiger partial charge in [-0.2, -0.15) is 0 Å². The number of phenolic OH excluding ortho intramolecular Hbond substituents is 2. The SMILES string of the molecule is Oc1ccccc1C(CCCc1ccccc1)c1ccccc1O. The molecule has 3 aromatic carbocycles. The number of aryl methyl sites for hydroxylation is 1. The van der Waals surface area contributed by atoms with Crippen LogP contribution < -0.4 is 0 Å². The van der Waals surface area contributed by atoms with Crippen LogP contribution in [0, 0.1) is 0 Å². The Kier molecular flexibility index (Phi) is 5.17. The lowest BCUT2D eigenvalue weighted by atomic mass is 9.85. The molecular weight excluding hydrogens is 296 g/mol. The molecule has 0 aliphatic rings. The molecule has 2 nitrogen and oxygen atoms in total. The van der Waals surface area contributed by atoms with Gasteiger partial charge < -0.3 is 10.2 Å². The number of aromatic hydroxyl groups is 2. The third kappa shape index (κ3) is 3.77. The Morgan fingerprint density at radius 3 is 1.67 bits per heavy atom. The van der Waals surface area contributed by atoms with Crippen molar-refractivity contribution < 1.29 is 10.2 Å². The minimum absolute atomic E-state index is 0.0175. The maximum absolute atomic E-state index is 10.3. The van der Waals surface area contributed by atoms with Crippen molar-refractivity contribution in [3.8, 4) is 11.5 Å². The van der Waals surface area contributed by atoms with Gasteiger partial charge in [0.15, 0.2) is 0 Å². The minimum atomic E-state index is -0.0175. The molecular formula is C22H22O2. The molecule has 0 saturated carbocycles. The van der Waals surface area contributed by atoms with Crippen molar-refractivity contribution in [3.05, 3.63) is 95.6 Å². The molecule has 0 atom stereocenters. The third-order valence-corrected chi connectivity index (χ3v) is 4.43. The van der Waals surface area contributed by atoms with Gasteiger partial charge in [-0.1, -0.05) is 66.7 Å². The highest BCUT2D eigenvalue weighted by Crippen LogP contribution is 2.38. The molecule has 3 rings (SSSR count). The summed E-state index contributed by atoms with van der Waals surface area (Å²) in [5, 5.41) is 20.5. The molecule has 0 fully saturated rings. The lowest BCUT2D eigenvalue weighted by Crippen LogP contribution is -2.03. The molecule has 3 aromatic rings. The van der Waals surface area contributed by atoms with Crippen LogP contribution >= 0.6 is 0 Å².